The van der Waals surface area contributed by atoms with Gasteiger partial charge in [0, 0.05) is 12.3 Å². The quantitative estimate of drug-likeness (QED) is 0.938. The van der Waals surface area contributed by atoms with Crippen LogP contribution in [0.4, 0.5) is 13.2 Å². The second-order valence-corrected chi connectivity index (χ2v) is 5.46. The maximum Gasteiger partial charge on any atom is 0.419 e. The molecule has 1 saturated heterocycles. The van der Waals surface area contributed by atoms with Crippen molar-refractivity contribution >= 4 is 0 Å². The minimum absolute atomic E-state index is 0.125. The van der Waals surface area contributed by atoms with Crippen molar-refractivity contribution in [1.29, 1.82) is 0 Å². The number of nitrogens with one attached hydrogen (secondary N) is 1. The zero-order valence-electron chi connectivity index (χ0n) is 12.4. The standard InChI is InChI=1S/C15H17F3N4O/c16-15(17,18)11-8-20-22(9-11)10-12-2-1-3-14(21-12)23-13-4-6-19-7-5-13/h1-3,8-9,13,19H,4-7,10H2. The SMILES string of the molecule is FC(F)(F)c1cnn(Cc2cccc(OC3CCNCC3)n2)c1. The van der Waals surface area contributed by atoms with Crippen molar-refractivity contribution in [2.75, 3.05) is 13.1 Å². The number of aromatic nitrogens is 3. The molecule has 1 aliphatic heterocycles. The Morgan fingerprint density at radius 1 is 1.26 bits per heavy atom. The Balaban J connectivity index is 1.66. The zero-order valence-corrected chi connectivity index (χ0v) is 12.4. The van der Waals surface area contributed by atoms with E-state index in [9.17, 15) is 13.2 Å². The summed E-state index contributed by atoms with van der Waals surface area (Å²) in [5, 5.41) is 6.99. The van der Waals surface area contributed by atoms with Crippen LogP contribution in [0.15, 0.2) is 30.6 Å². The van der Waals surface area contributed by atoms with E-state index in [1.807, 2.05) is 0 Å². The monoisotopic (exact) mass is 326 g/mol. The normalized spacial score (nSPS) is 16.5. The predicted molar refractivity (Wildman–Crippen MR) is 77.1 cm³/mol. The van der Waals surface area contributed by atoms with Crippen molar-refractivity contribution in [3.8, 4) is 5.88 Å². The lowest BCUT2D eigenvalue weighted by atomic mass is 10.1. The van der Waals surface area contributed by atoms with E-state index in [1.165, 1.54) is 4.68 Å². The molecule has 0 bridgehead atoms. The molecular formula is C15H17F3N4O. The minimum atomic E-state index is -4.38. The van der Waals surface area contributed by atoms with Gasteiger partial charge in [-0.2, -0.15) is 18.3 Å². The smallest absolute Gasteiger partial charge is 0.419 e. The van der Waals surface area contributed by atoms with Gasteiger partial charge in [-0.15, -0.1) is 0 Å². The van der Waals surface area contributed by atoms with Gasteiger partial charge in [-0.1, -0.05) is 6.07 Å². The molecule has 0 saturated carbocycles. The molecule has 23 heavy (non-hydrogen) atoms. The Kier molecular flexibility index (Phi) is 4.51. The fourth-order valence-corrected chi connectivity index (χ4v) is 2.46. The summed E-state index contributed by atoms with van der Waals surface area (Å²) in [6, 6.07) is 5.28. The van der Waals surface area contributed by atoms with Crippen LogP contribution in [0.25, 0.3) is 0 Å². The van der Waals surface area contributed by atoms with Crippen molar-refractivity contribution < 1.29 is 17.9 Å². The first-order chi connectivity index (χ1) is 11.0. The highest BCUT2D eigenvalue weighted by Crippen LogP contribution is 2.28. The molecule has 0 aliphatic carbocycles. The van der Waals surface area contributed by atoms with Crippen LogP contribution in [0.1, 0.15) is 24.1 Å². The number of rotatable bonds is 4. The van der Waals surface area contributed by atoms with E-state index in [0.29, 0.717) is 11.6 Å². The third-order valence-electron chi connectivity index (χ3n) is 3.64. The van der Waals surface area contributed by atoms with Gasteiger partial charge >= 0.3 is 6.18 Å². The number of hydrogen-bond acceptors (Lipinski definition) is 4. The van der Waals surface area contributed by atoms with Gasteiger partial charge in [-0.3, -0.25) is 4.68 Å². The van der Waals surface area contributed by atoms with Gasteiger partial charge in [0.25, 0.3) is 0 Å². The van der Waals surface area contributed by atoms with Crippen molar-refractivity contribution in [3.05, 3.63) is 41.9 Å². The van der Waals surface area contributed by atoms with Gasteiger partial charge in [0.15, 0.2) is 0 Å². The zero-order chi connectivity index (χ0) is 16.3. The Labute approximate surface area is 131 Å². The lowest BCUT2D eigenvalue weighted by molar-refractivity contribution is -0.137. The van der Waals surface area contributed by atoms with Crippen LogP contribution in [-0.2, 0) is 12.7 Å². The van der Waals surface area contributed by atoms with Gasteiger partial charge in [0.1, 0.15) is 6.10 Å². The number of halogens is 3. The predicted octanol–water partition coefficient (Wildman–Crippen LogP) is 2.48. The van der Waals surface area contributed by atoms with Crippen molar-refractivity contribution in [3.63, 3.8) is 0 Å². The third kappa shape index (κ3) is 4.22. The molecule has 1 aliphatic rings. The maximum atomic E-state index is 12.6. The Bertz CT molecular complexity index is 650. The summed E-state index contributed by atoms with van der Waals surface area (Å²) in [5.74, 6) is 0.498. The molecular weight excluding hydrogens is 309 g/mol. The van der Waals surface area contributed by atoms with E-state index in [2.05, 4.69) is 15.4 Å². The largest absolute Gasteiger partial charge is 0.474 e. The maximum absolute atomic E-state index is 12.6. The van der Waals surface area contributed by atoms with Gasteiger partial charge in [0.05, 0.1) is 24.0 Å². The Hall–Kier alpha value is -2.09. The van der Waals surface area contributed by atoms with E-state index in [-0.39, 0.29) is 12.6 Å². The molecule has 8 heteroatoms. The molecule has 1 fully saturated rings. The van der Waals surface area contributed by atoms with E-state index >= 15 is 0 Å². The molecule has 2 aromatic heterocycles. The highest BCUT2D eigenvalue weighted by atomic mass is 19.4. The van der Waals surface area contributed by atoms with Gasteiger partial charge in [0.2, 0.25) is 5.88 Å². The highest BCUT2D eigenvalue weighted by molar-refractivity contribution is 5.17. The number of pyridine rings is 1. The third-order valence-corrected chi connectivity index (χ3v) is 3.64. The van der Waals surface area contributed by atoms with Crippen LogP contribution < -0.4 is 10.1 Å². The first-order valence-corrected chi connectivity index (χ1v) is 7.44. The second-order valence-electron chi connectivity index (χ2n) is 5.46. The van der Waals surface area contributed by atoms with Gasteiger partial charge in [-0.25, -0.2) is 4.98 Å². The summed E-state index contributed by atoms with van der Waals surface area (Å²) < 4.78 is 44.8. The first kappa shape index (κ1) is 15.8. The number of nitrogens with zero attached hydrogens (tertiary/aromatic N) is 3. The van der Waals surface area contributed by atoms with Crippen LogP contribution in [0, 0.1) is 0 Å². The molecule has 1 N–H and O–H groups in total. The van der Waals surface area contributed by atoms with Gasteiger partial charge < -0.3 is 10.1 Å². The summed E-state index contributed by atoms with van der Waals surface area (Å²) in [7, 11) is 0. The van der Waals surface area contributed by atoms with Crippen LogP contribution in [-0.4, -0.2) is 34.0 Å². The topological polar surface area (TPSA) is 52.0 Å². The molecule has 5 nitrogen and oxygen atoms in total. The highest BCUT2D eigenvalue weighted by Gasteiger charge is 2.32. The van der Waals surface area contributed by atoms with Crippen LogP contribution in [0.3, 0.4) is 0 Å². The number of ether oxygens (including phenoxy) is 1. The molecule has 0 amide bonds. The number of hydrogen-bond donors (Lipinski definition) is 1. The van der Waals surface area contributed by atoms with E-state index in [1.54, 1.807) is 18.2 Å². The first-order valence-electron chi connectivity index (χ1n) is 7.44. The fraction of sp³-hybridized carbons (Fsp3) is 0.467. The van der Waals surface area contributed by atoms with E-state index < -0.39 is 11.7 Å². The lowest BCUT2D eigenvalue weighted by Gasteiger charge is -2.23. The van der Waals surface area contributed by atoms with Gasteiger partial charge in [-0.05, 0) is 32.0 Å². The molecule has 0 aromatic carbocycles. The average Bonchev–Trinajstić information content (AvgIpc) is 2.97. The summed E-state index contributed by atoms with van der Waals surface area (Å²) in [6.45, 7) is 2.00. The van der Waals surface area contributed by atoms with Crippen molar-refractivity contribution in [2.24, 2.45) is 0 Å². The second kappa shape index (κ2) is 6.57. The summed E-state index contributed by atoms with van der Waals surface area (Å²) in [5.41, 5.74) is -0.159. The van der Waals surface area contributed by atoms with E-state index in [4.69, 9.17) is 4.74 Å². The fourth-order valence-electron chi connectivity index (χ4n) is 2.46. The molecule has 2 aromatic rings. The molecule has 3 rings (SSSR count). The summed E-state index contributed by atoms with van der Waals surface area (Å²) in [6.07, 6.45) is -0.635. The molecule has 0 unspecified atom stereocenters. The average molecular weight is 326 g/mol. The van der Waals surface area contributed by atoms with Crippen LogP contribution in [0.5, 0.6) is 5.88 Å². The van der Waals surface area contributed by atoms with Crippen molar-refractivity contribution in [2.45, 2.75) is 31.7 Å². The molecule has 0 spiro atoms. The lowest BCUT2D eigenvalue weighted by Crippen LogP contribution is -2.34. The van der Waals surface area contributed by atoms with Crippen LogP contribution >= 0.6 is 0 Å². The molecule has 3 heterocycles. The molecule has 0 radical (unpaired) electrons. The molecule has 0 atom stereocenters. The minimum Gasteiger partial charge on any atom is -0.474 e. The Morgan fingerprint density at radius 3 is 2.74 bits per heavy atom. The van der Waals surface area contributed by atoms with Crippen LogP contribution in [0.2, 0.25) is 0 Å². The number of alkyl halides is 3. The summed E-state index contributed by atoms with van der Waals surface area (Å²) in [4.78, 5) is 4.35. The van der Waals surface area contributed by atoms with E-state index in [0.717, 1.165) is 38.3 Å². The molecule has 124 valence electrons. The summed E-state index contributed by atoms with van der Waals surface area (Å²) >= 11 is 0. The number of piperidine rings is 1. The Morgan fingerprint density at radius 2 is 2.04 bits per heavy atom. The van der Waals surface area contributed by atoms with Crippen molar-refractivity contribution in [1.82, 2.24) is 20.1 Å².